The first-order valence-electron chi connectivity index (χ1n) is 5.25. The van der Waals surface area contributed by atoms with Gasteiger partial charge in [0.1, 0.15) is 5.76 Å². The molecule has 2 saturated heterocycles. The summed E-state index contributed by atoms with van der Waals surface area (Å²) in [5, 5.41) is 3.46. The molecule has 14 heavy (non-hydrogen) atoms. The molecule has 1 atom stereocenters. The Kier molecular flexibility index (Phi) is 1.89. The van der Waals surface area contributed by atoms with E-state index in [0.29, 0.717) is 11.5 Å². The first-order chi connectivity index (χ1) is 6.91. The van der Waals surface area contributed by atoms with Gasteiger partial charge in [0.05, 0.1) is 12.3 Å². The summed E-state index contributed by atoms with van der Waals surface area (Å²) in [6, 6.07) is 4.44. The van der Waals surface area contributed by atoms with E-state index in [1.807, 2.05) is 6.07 Å². The van der Waals surface area contributed by atoms with Crippen molar-refractivity contribution in [1.29, 1.82) is 0 Å². The van der Waals surface area contributed by atoms with Crippen LogP contribution in [0.25, 0.3) is 0 Å². The number of furan rings is 1. The van der Waals surface area contributed by atoms with Crippen LogP contribution in [-0.4, -0.2) is 19.8 Å². The van der Waals surface area contributed by atoms with Crippen LogP contribution < -0.4 is 5.32 Å². The third kappa shape index (κ3) is 1.12. The predicted molar refractivity (Wildman–Crippen MR) is 51.9 cm³/mol. The third-order valence-electron chi connectivity index (χ3n) is 3.59. The molecule has 0 amide bonds. The Morgan fingerprint density at radius 2 is 2.21 bits per heavy atom. The molecule has 2 aliphatic rings. The number of nitrogens with one attached hydrogen (secondary N) is 1. The van der Waals surface area contributed by atoms with Crippen LogP contribution in [0.4, 0.5) is 0 Å². The lowest BCUT2D eigenvalue weighted by molar-refractivity contribution is -0.0535. The molecule has 0 aromatic carbocycles. The van der Waals surface area contributed by atoms with E-state index < -0.39 is 0 Å². The summed E-state index contributed by atoms with van der Waals surface area (Å²) in [6.45, 7) is 2.92. The van der Waals surface area contributed by atoms with E-state index in [1.54, 1.807) is 6.26 Å². The molecule has 1 spiro atoms. The lowest BCUT2D eigenvalue weighted by atomic mass is 9.67. The van der Waals surface area contributed by atoms with E-state index in [4.69, 9.17) is 9.15 Å². The van der Waals surface area contributed by atoms with Gasteiger partial charge in [-0.3, -0.25) is 0 Å². The Hall–Kier alpha value is -0.800. The van der Waals surface area contributed by atoms with E-state index in [9.17, 15) is 0 Å². The van der Waals surface area contributed by atoms with Crippen molar-refractivity contribution in [1.82, 2.24) is 5.32 Å². The lowest BCUT2D eigenvalue weighted by Gasteiger charge is -2.51. The van der Waals surface area contributed by atoms with Gasteiger partial charge in [-0.2, -0.15) is 0 Å². The number of hydrogen-bond acceptors (Lipinski definition) is 3. The Morgan fingerprint density at radius 3 is 2.79 bits per heavy atom. The van der Waals surface area contributed by atoms with Crippen molar-refractivity contribution < 1.29 is 9.15 Å². The zero-order valence-corrected chi connectivity index (χ0v) is 8.16. The van der Waals surface area contributed by atoms with Crippen LogP contribution in [0.15, 0.2) is 22.8 Å². The molecule has 0 unspecified atom stereocenters. The van der Waals surface area contributed by atoms with Gasteiger partial charge in [0, 0.05) is 25.2 Å². The predicted octanol–water partition coefficient (Wildman–Crippen LogP) is 1.72. The molecule has 2 fully saturated rings. The third-order valence-corrected chi connectivity index (χ3v) is 3.59. The summed E-state index contributed by atoms with van der Waals surface area (Å²) >= 11 is 0. The molecule has 2 aliphatic heterocycles. The molecule has 0 bridgehead atoms. The van der Waals surface area contributed by atoms with Gasteiger partial charge in [-0.1, -0.05) is 0 Å². The number of rotatable bonds is 1. The molecule has 0 radical (unpaired) electrons. The standard InChI is InChI=1S/C11H15NO2/c1-2-9(14-5-1)10-11(8-12-10)3-6-13-7-4-11/h1-2,5,10,12H,3-4,6-8H2/t10-/m1/s1. The fourth-order valence-corrected chi connectivity index (χ4v) is 2.59. The van der Waals surface area contributed by atoms with Crippen LogP contribution >= 0.6 is 0 Å². The summed E-state index contributed by atoms with van der Waals surface area (Å²) in [7, 11) is 0. The van der Waals surface area contributed by atoms with Gasteiger partial charge in [-0.15, -0.1) is 0 Å². The Balaban J connectivity index is 1.81. The van der Waals surface area contributed by atoms with Gasteiger partial charge in [0.2, 0.25) is 0 Å². The fourth-order valence-electron chi connectivity index (χ4n) is 2.59. The minimum atomic E-state index is 0.413. The average Bonchev–Trinajstić information content (AvgIpc) is 2.71. The van der Waals surface area contributed by atoms with E-state index in [-0.39, 0.29) is 0 Å². The van der Waals surface area contributed by atoms with Crippen LogP contribution in [0.2, 0.25) is 0 Å². The highest BCUT2D eigenvalue weighted by Gasteiger charge is 2.49. The van der Waals surface area contributed by atoms with Crippen LogP contribution in [0.1, 0.15) is 24.6 Å². The molecule has 76 valence electrons. The summed E-state index contributed by atoms with van der Waals surface area (Å²) in [5.41, 5.74) is 0.413. The molecule has 3 rings (SSSR count). The minimum Gasteiger partial charge on any atom is -0.468 e. The van der Waals surface area contributed by atoms with Gasteiger partial charge in [0.25, 0.3) is 0 Å². The maximum Gasteiger partial charge on any atom is 0.121 e. The first kappa shape index (κ1) is 8.50. The molecular formula is C11H15NO2. The monoisotopic (exact) mass is 193 g/mol. The summed E-state index contributed by atoms with van der Waals surface area (Å²) < 4.78 is 10.9. The molecule has 1 aromatic rings. The topological polar surface area (TPSA) is 34.4 Å². The summed E-state index contributed by atoms with van der Waals surface area (Å²) in [4.78, 5) is 0. The maximum absolute atomic E-state index is 5.46. The van der Waals surface area contributed by atoms with Gasteiger partial charge in [-0.25, -0.2) is 0 Å². The SMILES string of the molecule is c1coc([C@H]2NCC23CCOCC3)c1. The van der Waals surface area contributed by atoms with Crippen LogP contribution in [-0.2, 0) is 4.74 Å². The first-order valence-corrected chi connectivity index (χ1v) is 5.25. The highest BCUT2D eigenvalue weighted by atomic mass is 16.5. The van der Waals surface area contributed by atoms with Crippen molar-refractivity contribution in [3.63, 3.8) is 0 Å². The van der Waals surface area contributed by atoms with E-state index in [0.717, 1.165) is 38.4 Å². The second-order valence-corrected chi connectivity index (χ2v) is 4.30. The zero-order valence-electron chi connectivity index (χ0n) is 8.16. The van der Waals surface area contributed by atoms with Crippen LogP contribution in [0.5, 0.6) is 0 Å². The van der Waals surface area contributed by atoms with Gasteiger partial charge in [0.15, 0.2) is 0 Å². The van der Waals surface area contributed by atoms with Crippen molar-refractivity contribution in [3.05, 3.63) is 24.2 Å². The van der Waals surface area contributed by atoms with Crippen molar-refractivity contribution in [2.75, 3.05) is 19.8 Å². The highest BCUT2D eigenvalue weighted by molar-refractivity contribution is 5.16. The van der Waals surface area contributed by atoms with Gasteiger partial charge < -0.3 is 14.5 Å². The quantitative estimate of drug-likeness (QED) is 0.737. The van der Waals surface area contributed by atoms with Crippen LogP contribution in [0.3, 0.4) is 0 Å². The molecule has 1 N–H and O–H groups in total. The number of hydrogen-bond donors (Lipinski definition) is 1. The fraction of sp³-hybridized carbons (Fsp3) is 0.636. The Bertz CT molecular complexity index is 301. The zero-order chi connectivity index (χ0) is 9.43. The summed E-state index contributed by atoms with van der Waals surface area (Å²) in [5.74, 6) is 1.08. The normalized spacial score (nSPS) is 30.1. The molecule has 1 aromatic heterocycles. The highest BCUT2D eigenvalue weighted by Crippen LogP contribution is 2.48. The molecule has 3 nitrogen and oxygen atoms in total. The molecule has 3 heteroatoms. The van der Waals surface area contributed by atoms with Gasteiger partial charge in [-0.05, 0) is 25.0 Å². The van der Waals surface area contributed by atoms with Crippen molar-refractivity contribution in [2.24, 2.45) is 5.41 Å². The molecule has 3 heterocycles. The summed E-state index contributed by atoms with van der Waals surface area (Å²) in [6.07, 6.45) is 4.07. The Morgan fingerprint density at radius 1 is 1.36 bits per heavy atom. The van der Waals surface area contributed by atoms with E-state index in [1.165, 1.54) is 0 Å². The lowest BCUT2D eigenvalue weighted by Crippen LogP contribution is -2.58. The second kappa shape index (κ2) is 3.11. The van der Waals surface area contributed by atoms with Crippen LogP contribution in [0, 0.1) is 5.41 Å². The van der Waals surface area contributed by atoms with E-state index in [2.05, 4.69) is 11.4 Å². The largest absolute Gasteiger partial charge is 0.468 e. The Labute approximate surface area is 83.4 Å². The van der Waals surface area contributed by atoms with Crippen molar-refractivity contribution in [3.8, 4) is 0 Å². The average molecular weight is 193 g/mol. The second-order valence-electron chi connectivity index (χ2n) is 4.30. The van der Waals surface area contributed by atoms with Gasteiger partial charge >= 0.3 is 0 Å². The molecule has 0 saturated carbocycles. The van der Waals surface area contributed by atoms with E-state index >= 15 is 0 Å². The van der Waals surface area contributed by atoms with Crippen molar-refractivity contribution in [2.45, 2.75) is 18.9 Å². The smallest absolute Gasteiger partial charge is 0.121 e. The molecule has 0 aliphatic carbocycles. The number of ether oxygens (including phenoxy) is 1. The van der Waals surface area contributed by atoms with Crippen molar-refractivity contribution >= 4 is 0 Å². The minimum absolute atomic E-state index is 0.413. The molecular weight excluding hydrogens is 178 g/mol. The maximum atomic E-state index is 5.46.